The van der Waals surface area contributed by atoms with Crippen molar-refractivity contribution in [2.75, 3.05) is 0 Å². The number of amides is 2. The zero-order valence-electron chi connectivity index (χ0n) is 7.32. The monoisotopic (exact) mass is 172 g/mol. The van der Waals surface area contributed by atoms with Gasteiger partial charge in [0.15, 0.2) is 1.41 Å². The summed E-state index contributed by atoms with van der Waals surface area (Å²) in [5.41, 5.74) is 0. The van der Waals surface area contributed by atoms with Crippen LogP contribution in [0.25, 0.3) is 0 Å². The van der Waals surface area contributed by atoms with Crippen LogP contribution in [0.3, 0.4) is 0 Å². The molecule has 1 saturated heterocycles. The molecule has 0 aliphatic carbocycles. The molecule has 0 aromatic heterocycles. The highest BCUT2D eigenvalue weighted by molar-refractivity contribution is 5.98. The number of hydrogen-bond acceptors (Lipinski definition) is 3. The molecule has 0 atom stereocenters. The number of piperidine rings is 1. The van der Waals surface area contributed by atoms with E-state index in [9.17, 15) is 14.4 Å². The van der Waals surface area contributed by atoms with E-state index in [-0.39, 0.29) is 19.3 Å². The number of carboxylic acid groups (broad SMARTS) is 1. The van der Waals surface area contributed by atoms with Crippen LogP contribution in [0.4, 0.5) is 0 Å². The summed E-state index contributed by atoms with van der Waals surface area (Å²) in [6, 6.07) is 0. The van der Waals surface area contributed by atoms with E-state index in [4.69, 9.17) is 6.52 Å². The second-order valence-corrected chi connectivity index (χ2v) is 2.77. The first kappa shape index (κ1) is 7.27. The summed E-state index contributed by atoms with van der Waals surface area (Å²) >= 11 is 0. The lowest BCUT2D eigenvalue weighted by Gasteiger charge is -2.18. The fourth-order valence-corrected chi connectivity index (χ4v) is 1.19. The second kappa shape index (κ2) is 3.34. The van der Waals surface area contributed by atoms with Crippen LogP contribution >= 0.6 is 0 Å². The van der Waals surface area contributed by atoms with E-state index in [2.05, 4.69) is 0 Å². The lowest BCUT2D eigenvalue weighted by atomic mass is 9.94. The van der Waals surface area contributed by atoms with E-state index >= 15 is 0 Å². The molecule has 1 aliphatic rings. The first-order chi connectivity index (χ1) is 6.00. The summed E-state index contributed by atoms with van der Waals surface area (Å²) < 4.78 is 6.94. The van der Waals surface area contributed by atoms with Gasteiger partial charge in [-0.25, -0.2) is 0 Å². The summed E-state index contributed by atoms with van der Waals surface area (Å²) in [6.45, 7) is 0. The van der Waals surface area contributed by atoms with Gasteiger partial charge in [-0.1, -0.05) is 0 Å². The van der Waals surface area contributed by atoms with Crippen LogP contribution in [-0.2, 0) is 14.4 Å². The molecule has 0 unspecified atom stereocenters. The quantitative estimate of drug-likeness (QED) is 0.551. The molecule has 66 valence electrons. The van der Waals surface area contributed by atoms with E-state index in [0.717, 1.165) is 0 Å². The number of nitrogens with one attached hydrogen (secondary N) is 1. The Hall–Kier alpha value is -1.39. The van der Waals surface area contributed by atoms with Crippen molar-refractivity contribution in [2.45, 2.75) is 19.3 Å². The number of carbonyl (C=O) groups excluding carboxylic acids is 2. The minimum atomic E-state index is -1.02. The molecular weight excluding hydrogens is 162 g/mol. The van der Waals surface area contributed by atoms with Crippen molar-refractivity contribution >= 4 is 17.8 Å². The van der Waals surface area contributed by atoms with Crippen molar-refractivity contribution in [1.29, 1.82) is 0 Å². The number of imide groups is 1. The number of rotatable bonds is 2. The highest BCUT2D eigenvalue weighted by Gasteiger charge is 2.26. The van der Waals surface area contributed by atoms with Gasteiger partial charge in [0.05, 0.1) is 0 Å². The summed E-state index contributed by atoms with van der Waals surface area (Å²) in [7, 11) is 0. The van der Waals surface area contributed by atoms with Gasteiger partial charge in [-0.2, -0.15) is 0 Å². The number of carbonyl (C=O) groups is 3. The molecule has 5 nitrogen and oxygen atoms in total. The highest BCUT2D eigenvalue weighted by Crippen LogP contribution is 2.16. The molecule has 0 aromatic carbocycles. The zero-order chi connectivity index (χ0) is 10.0. The molecule has 1 fully saturated rings. The van der Waals surface area contributed by atoms with Gasteiger partial charge in [0, 0.05) is 19.3 Å². The zero-order valence-corrected chi connectivity index (χ0v) is 6.32. The lowest BCUT2D eigenvalue weighted by molar-refractivity contribution is -0.140. The molecule has 1 heterocycles. The maximum Gasteiger partial charge on any atom is 0.303 e. The van der Waals surface area contributed by atoms with Crippen molar-refractivity contribution < 1.29 is 20.9 Å². The fraction of sp³-hybridized carbons (Fsp3) is 0.571. The normalized spacial score (nSPS) is 21.0. The van der Waals surface area contributed by atoms with Crippen LogP contribution in [0.2, 0.25) is 1.41 Å². The predicted molar refractivity (Wildman–Crippen MR) is 38.1 cm³/mol. The van der Waals surface area contributed by atoms with E-state index in [1.54, 1.807) is 0 Å². The number of hydrogen-bond donors (Lipinski definition) is 2. The largest absolute Gasteiger partial charge is 0.481 e. The Balaban J connectivity index is 2.58. The fourth-order valence-electron chi connectivity index (χ4n) is 1.19. The van der Waals surface area contributed by atoms with Crippen molar-refractivity contribution in [3.63, 3.8) is 0 Å². The third-order valence-electron chi connectivity index (χ3n) is 1.64. The van der Waals surface area contributed by atoms with Gasteiger partial charge >= 0.3 is 5.97 Å². The maximum absolute atomic E-state index is 10.9. The molecule has 2 N–H and O–H groups in total. The molecule has 0 spiro atoms. The second-order valence-electron chi connectivity index (χ2n) is 2.77. The number of aliphatic carboxylic acids is 1. The smallest absolute Gasteiger partial charge is 0.303 e. The first-order valence-corrected chi connectivity index (χ1v) is 3.57. The van der Waals surface area contributed by atoms with Crippen LogP contribution in [-0.4, -0.2) is 22.9 Å². The van der Waals surface area contributed by atoms with E-state index < -0.39 is 23.7 Å². The molecule has 1 aliphatic heterocycles. The number of carboxylic acids is 1. The van der Waals surface area contributed by atoms with Crippen LogP contribution in [0.1, 0.15) is 19.3 Å². The third-order valence-corrected chi connectivity index (χ3v) is 1.64. The van der Waals surface area contributed by atoms with Gasteiger partial charge in [0.25, 0.3) is 0 Å². The van der Waals surface area contributed by atoms with Gasteiger partial charge < -0.3 is 5.11 Å². The topological polar surface area (TPSA) is 83.5 Å². The third kappa shape index (κ3) is 2.34. The molecule has 0 saturated carbocycles. The maximum atomic E-state index is 10.9. The molecule has 5 heteroatoms. The highest BCUT2D eigenvalue weighted by atomic mass is 16.4. The molecular formula is C7H9NO4. The van der Waals surface area contributed by atoms with Gasteiger partial charge in [-0.15, -0.1) is 0 Å². The Morgan fingerprint density at radius 3 is 2.50 bits per heavy atom. The summed E-state index contributed by atoms with van der Waals surface area (Å²) in [5, 5.41) is 8.72. The van der Waals surface area contributed by atoms with E-state index in [0.29, 0.717) is 5.31 Å². The standard InChI is InChI=1S/C7H9NO4/c9-5-1-4(3-7(11)12)2-6(10)8-5/h4H,1-3H2,(H,11,12)(H,8,9,10)/i/hD. The summed E-state index contributed by atoms with van der Waals surface area (Å²) in [5.74, 6) is -2.71. The Labute approximate surface area is 70.2 Å². The van der Waals surface area contributed by atoms with Gasteiger partial charge in [-0.3, -0.25) is 19.7 Å². The average molecular weight is 172 g/mol. The molecule has 1 rings (SSSR count). The first-order valence-electron chi connectivity index (χ1n) is 4.02. The minimum Gasteiger partial charge on any atom is -0.481 e. The summed E-state index contributed by atoms with van der Waals surface area (Å²) in [6.07, 6.45) is -0.242. The minimum absolute atomic E-state index is 0.0263. The van der Waals surface area contributed by atoms with Crippen molar-refractivity contribution in [1.82, 2.24) is 5.31 Å². The molecule has 0 aromatic rings. The Morgan fingerprint density at radius 2 is 2.08 bits per heavy atom. The lowest BCUT2D eigenvalue weighted by Crippen LogP contribution is -2.39. The Morgan fingerprint density at radius 1 is 1.58 bits per heavy atom. The van der Waals surface area contributed by atoms with Gasteiger partial charge in [0.1, 0.15) is 0 Å². The molecule has 2 amide bonds. The summed E-state index contributed by atoms with van der Waals surface area (Å²) in [4.78, 5) is 32.1. The van der Waals surface area contributed by atoms with Crippen molar-refractivity contribution in [3.05, 3.63) is 0 Å². The Bertz CT molecular complexity index is 247. The van der Waals surface area contributed by atoms with Crippen LogP contribution in [0.5, 0.6) is 0 Å². The van der Waals surface area contributed by atoms with Crippen molar-refractivity contribution in [3.8, 4) is 0 Å². The SMILES string of the molecule is [2H]N1C(=O)CC(CC(=O)O)CC1=O. The Kier molecular flexibility index (Phi) is 2.02. The van der Waals surface area contributed by atoms with Crippen LogP contribution in [0, 0.1) is 5.92 Å². The molecule has 0 bridgehead atoms. The molecule has 12 heavy (non-hydrogen) atoms. The van der Waals surface area contributed by atoms with Gasteiger partial charge in [-0.05, 0) is 5.92 Å². The van der Waals surface area contributed by atoms with Crippen LogP contribution < -0.4 is 5.31 Å². The van der Waals surface area contributed by atoms with Gasteiger partial charge in [0.2, 0.25) is 11.8 Å². The predicted octanol–water partition coefficient (Wildman–Crippen LogP) is -0.486. The van der Waals surface area contributed by atoms with E-state index in [1.165, 1.54) is 0 Å². The molecule has 0 radical (unpaired) electrons. The van der Waals surface area contributed by atoms with Crippen molar-refractivity contribution in [2.24, 2.45) is 5.92 Å². The van der Waals surface area contributed by atoms with Crippen LogP contribution in [0.15, 0.2) is 0 Å². The average Bonchev–Trinajstić information content (AvgIpc) is 1.98. The van der Waals surface area contributed by atoms with E-state index in [1.807, 2.05) is 0 Å².